The van der Waals surface area contributed by atoms with E-state index in [1.807, 2.05) is 0 Å². The zero-order valence-corrected chi connectivity index (χ0v) is 19.7. The van der Waals surface area contributed by atoms with Crippen LogP contribution in [0.4, 0.5) is 0 Å². The molecular weight excluding hydrogens is 420 g/mol. The summed E-state index contributed by atoms with van der Waals surface area (Å²) in [4.78, 5) is 6.58. The number of imidazole rings is 1. The van der Waals surface area contributed by atoms with Gasteiger partial charge in [0.25, 0.3) is 10.0 Å². The molecule has 0 spiro atoms. The van der Waals surface area contributed by atoms with Gasteiger partial charge in [-0.1, -0.05) is 55.5 Å². The van der Waals surface area contributed by atoms with Crippen molar-refractivity contribution in [3.05, 3.63) is 83.3 Å². The highest BCUT2D eigenvalue weighted by Gasteiger charge is 2.26. The van der Waals surface area contributed by atoms with Gasteiger partial charge in [-0.15, -0.1) is 0 Å². The lowest BCUT2D eigenvalue weighted by molar-refractivity contribution is 0.200. The highest BCUT2D eigenvalue weighted by atomic mass is 32.2. The summed E-state index contributed by atoms with van der Waals surface area (Å²) in [5, 5.41) is 0.0471. The molecule has 2 heterocycles. The van der Waals surface area contributed by atoms with Crippen LogP contribution in [-0.4, -0.2) is 36.0 Å². The zero-order chi connectivity index (χ0) is 22.6. The van der Waals surface area contributed by atoms with Gasteiger partial charge in [0.05, 0.1) is 6.33 Å². The van der Waals surface area contributed by atoms with Crippen LogP contribution >= 0.6 is 0 Å². The van der Waals surface area contributed by atoms with Gasteiger partial charge in [0, 0.05) is 25.8 Å². The summed E-state index contributed by atoms with van der Waals surface area (Å²) in [5.74, 6) is 0. The van der Waals surface area contributed by atoms with E-state index in [0.717, 1.165) is 44.3 Å². The lowest BCUT2D eigenvalue weighted by Gasteiger charge is -2.31. The maximum absolute atomic E-state index is 12.6. The van der Waals surface area contributed by atoms with Crippen molar-refractivity contribution in [1.82, 2.24) is 19.2 Å². The minimum absolute atomic E-state index is 0.0471. The SMILES string of the molecule is CCCN1CCCc2ccc(CNS(=O)(=O)c3cn(C)cn3)cc2C1Cc1ccccc1. The fraction of sp³-hybridized carbons (Fsp3) is 0.400. The Bertz CT molecular complexity index is 1140. The molecule has 0 aliphatic carbocycles. The maximum atomic E-state index is 12.6. The van der Waals surface area contributed by atoms with Crippen molar-refractivity contribution in [2.45, 2.75) is 50.2 Å². The van der Waals surface area contributed by atoms with Gasteiger partial charge in [-0.25, -0.2) is 18.1 Å². The highest BCUT2D eigenvalue weighted by Crippen LogP contribution is 2.33. The number of aromatic nitrogens is 2. The van der Waals surface area contributed by atoms with Crippen molar-refractivity contribution < 1.29 is 8.42 Å². The first kappa shape index (κ1) is 22.7. The third-order valence-electron chi connectivity index (χ3n) is 6.11. The van der Waals surface area contributed by atoms with Crippen LogP contribution in [-0.2, 0) is 36.5 Å². The summed E-state index contributed by atoms with van der Waals surface area (Å²) >= 11 is 0. The number of sulfonamides is 1. The van der Waals surface area contributed by atoms with Crippen molar-refractivity contribution in [3.8, 4) is 0 Å². The minimum atomic E-state index is -3.64. The second-order valence-corrected chi connectivity index (χ2v) is 10.3. The van der Waals surface area contributed by atoms with Crippen LogP contribution in [0, 0.1) is 0 Å². The second-order valence-electron chi connectivity index (χ2n) is 8.58. The van der Waals surface area contributed by atoms with E-state index >= 15 is 0 Å². The molecule has 6 nitrogen and oxygen atoms in total. The van der Waals surface area contributed by atoms with Crippen molar-refractivity contribution >= 4 is 10.0 Å². The fourth-order valence-corrected chi connectivity index (χ4v) is 5.52. The number of hydrogen-bond donors (Lipinski definition) is 1. The molecule has 0 radical (unpaired) electrons. The molecule has 2 aromatic carbocycles. The predicted molar refractivity (Wildman–Crippen MR) is 127 cm³/mol. The van der Waals surface area contributed by atoms with E-state index in [1.165, 1.54) is 29.2 Å². The Morgan fingerprint density at radius 3 is 2.66 bits per heavy atom. The van der Waals surface area contributed by atoms with Crippen LogP contribution < -0.4 is 4.72 Å². The van der Waals surface area contributed by atoms with Crippen LogP contribution in [0.2, 0.25) is 0 Å². The molecule has 1 atom stereocenters. The van der Waals surface area contributed by atoms with Gasteiger partial charge in [0.15, 0.2) is 5.03 Å². The van der Waals surface area contributed by atoms with Gasteiger partial charge in [0.1, 0.15) is 0 Å². The molecule has 0 saturated carbocycles. The third kappa shape index (κ3) is 5.28. The molecular formula is C25H32N4O2S. The molecule has 1 aromatic heterocycles. The van der Waals surface area contributed by atoms with Crippen LogP contribution in [0.1, 0.15) is 48.1 Å². The average molecular weight is 453 g/mol. The number of rotatable bonds is 8. The Morgan fingerprint density at radius 2 is 1.94 bits per heavy atom. The number of hydrogen-bond acceptors (Lipinski definition) is 4. The van der Waals surface area contributed by atoms with Crippen molar-refractivity contribution in [2.75, 3.05) is 13.1 Å². The highest BCUT2D eigenvalue weighted by molar-refractivity contribution is 7.89. The standard InChI is InChI=1S/C25H32N4O2S/c1-3-13-29-14-7-10-22-12-11-21(17-27-32(30,31)25-18-28(2)19-26-25)15-23(22)24(29)16-20-8-5-4-6-9-20/h4-6,8-9,11-12,15,18-19,24,27H,3,7,10,13-14,16-17H2,1-2H3. The van der Waals surface area contributed by atoms with Gasteiger partial charge in [0.2, 0.25) is 0 Å². The van der Waals surface area contributed by atoms with Gasteiger partial charge in [-0.3, -0.25) is 4.90 Å². The fourth-order valence-electron chi connectivity index (χ4n) is 4.53. The first-order valence-corrected chi connectivity index (χ1v) is 12.8. The number of nitrogens with zero attached hydrogens (tertiary/aromatic N) is 3. The lowest BCUT2D eigenvalue weighted by Crippen LogP contribution is -2.31. The van der Waals surface area contributed by atoms with Crippen molar-refractivity contribution in [2.24, 2.45) is 7.05 Å². The molecule has 1 unspecified atom stereocenters. The second kappa shape index (κ2) is 9.98. The number of nitrogens with one attached hydrogen (secondary N) is 1. The van der Waals surface area contributed by atoms with Gasteiger partial charge >= 0.3 is 0 Å². The summed E-state index contributed by atoms with van der Waals surface area (Å²) in [5.41, 5.74) is 5.00. The Morgan fingerprint density at radius 1 is 1.12 bits per heavy atom. The van der Waals surface area contributed by atoms with E-state index in [-0.39, 0.29) is 11.6 Å². The molecule has 32 heavy (non-hydrogen) atoms. The molecule has 3 aromatic rings. The molecule has 7 heteroatoms. The normalized spacial score (nSPS) is 17.1. The number of aryl methyl sites for hydroxylation is 2. The van der Waals surface area contributed by atoms with Crippen LogP contribution in [0.25, 0.3) is 0 Å². The third-order valence-corrected chi connectivity index (χ3v) is 7.39. The zero-order valence-electron chi connectivity index (χ0n) is 18.9. The average Bonchev–Trinajstić information content (AvgIpc) is 3.17. The summed E-state index contributed by atoms with van der Waals surface area (Å²) in [7, 11) is -1.88. The van der Waals surface area contributed by atoms with E-state index in [4.69, 9.17) is 0 Å². The molecule has 1 aliphatic heterocycles. The quantitative estimate of drug-likeness (QED) is 0.564. The first-order valence-electron chi connectivity index (χ1n) is 11.3. The number of benzene rings is 2. The van der Waals surface area contributed by atoms with Crippen molar-refractivity contribution in [1.29, 1.82) is 0 Å². The topological polar surface area (TPSA) is 67.2 Å². The molecule has 1 aliphatic rings. The molecule has 4 rings (SSSR count). The van der Waals surface area contributed by atoms with Crippen molar-refractivity contribution in [3.63, 3.8) is 0 Å². The lowest BCUT2D eigenvalue weighted by atomic mass is 9.92. The smallest absolute Gasteiger partial charge is 0.259 e. The predicted octanol–water partition coefficient (Wildman–Crippen LogP) is 3.84. The van der Waals surface area contributed by atoms with Crippen LogP contribution in [0.5, 0.6) is 0 Å². The Hall–Kier alpha value is -2.48. The van der Waals surface area contributed by atoms with Crippen LogP contribution in [0.3, 0.4) is 0 Å². The molecule has 1 N–H and O–H groups in total. The summed E-state index contributed by atoms with van der Waals surface area (Å²) in [6, 6.07) is 17.4. The molecule has 0 saturated heterocycles. The Labute approximate surface area is 191 Å². The monoisotopic (exact) mass is 452 g/mol. The Kier molecular flexibility index (Phi) is 7.08. The van der Waals surface area contributed by atoms with Gasteiger partial charge in [-0.05, 0) is 61.0 Å². The largest absolute Gasteiger partial charge is 0.339 e. The molecule has 0 fully saturated rings. The van der Waals surface area contributed by atoms with E-state index in [9.17, 15) is 8.42 Å². The number of fused-ring (bicyclic) bond motifs is 1. The van der Waals surface area contributed by atoms with Crippen LogP contribution in [0.15, 0.2) is 66.1 Å². The summed E-state index contributed by atoms with van der Waals surface area (Å²) < 4.78 is 29.6. The van der Waals surface area contributed by atoms with E-state index in [0.29, 0.717) is 6.04 Å². The van der Waals surface area contributed by atoms with Gasteiger partial charge in [-0.2, -0.15) is 0 Å². The molecule has 170 valence electrons. The summed E-state index contributed by atoms with van der Waals surface area (Å²) in [6.45, 7) is 4.63. The van der Waals surface area contributed by atoms with Gasteiger partial charge < -0.3 is 4.57 Å². The minimum Gasteiger partial charge on any atom is -0.339 e. The maximum Gasteiger partial charge on any atom is 0.259 e. The molecule has 0 amide bonds. The van der Waals surface area contributed by atoms with E-state index < -0.39 is 10.0 Å². The molecule has 0 bridgehead atoms. The van der Waals surface area contributed by atoms with E-state index in [1.54, 1.807) is 11.6 Å². The van der Waals surface area contributed by atoms with E-state index in [2.05, 4.69) is 70.1 Å². The first-order chi connectivity index (χ1) is 15.5. The summed E-state index contributed by atoms with van der Waals surface area (Å²) in [6.07, 6.45) is 7.27. The Balaban J connectivity index is 1.60.